The van der Waals surface area contributed by atoms with Crippen molar-refractivity contribution in [2.75, 3.05) is 0 Å². The molecule has 0 aliphatic rings. The van der Waals surface area contributed by atoms with Crippen LogP contribution in [0.1, 0.15) is 10.4 Å². The van der Waals surface area contributed by atoms with Gasteiger partial charge in [-0.1, -0.05) is 11.5 Å². The van der Waals surface area contributed by atoms with Crippen LogP contribution in [-0.2, 0) is 0 Å². The fourth-order valence-corrected chi connectivity index (χ4v) is 1.55. The Morgan fingerprint density at radius 2 is 2.25 bits per heavy atom. The summed E-state index contributed by atoms with van der Waals surface area (Å²) in [5.41, 5.74) is 2.39. The van der Waals surface area contributed by atoms with Gasteiger partial charge < -0.3 is 0 Å². The van der Waals surface area contributed by atoms with Crippen LogP contribution >= 0.6 is 11.7 Å². The van der Waals surface area contributed by atoms with E-state index in [1.54, 1.807) is 12.1 Å². The highest BCUT2D eigenvalue weighted by Crippen LogP contribution is 2.09. The summed E-state index contributed by atoms with van der Waals surface area (Å²) < 4.78 is 7.96. The minimum atomic E-state index is 0.503. The van der Waals surface area contributed by atoms with E-state index in [0.29, 0.717) is 22.1 Å². The molecule has 5 heteroatoms. The second kappa shape index (κ2) is 2.67. The molecule has 2 aromatic rings. The van der Waals surface area contributed by atoms with Crippen LogP contribution in [0.15, 0.2) is 12.1 Å². The van der Waals surface area contributed by atoms with Crippen molar-refractivity contribution in [2.45, 2.75) is 0 Å². The molecule has 0 aliphatic heterocycles. The van der Waals surface area contributed by atoms with E-state index in [4.69, 9.17) is 7.85 Å². The third-order valence-corrected chi connectivity index (χ3v) is 2.09. The fourth-order valence-electron chi connectivity index (χ4n) is 1.01. The van der Waals surface area contributed by atoms with E-state index in [2.05, 4.69) is 8.75 Å². The first-order valence-electron chi connectivity index (χ1n) is 3.28. The van der Waals surface area contributed by atoms with Crippen LogP contribution in [0.3, 0.4) is 0 Å². The van der Waals surface area contributed by atoms with Crippen molar-refractivity contribution < 1.29 is 4.79 Å². The fraction of sp³-hybridized carbons (Fsp3) is 0. The number of fused-ring (bicyclic) bond motifs is 1. The van der Waals surface area contributed by atoms with Gasteiger partial charge in [-0.25, -0.2) is 0 Å². The van der Waals surface area contributed by atoms with Gasteiger partial charge in [-0.15, -0.1) is 0 Å². The van der Waals surface area contributed by atoms with Crippen molar-refractivity contribution in [1.82, 2.24) is 8.75 Å². The smallest absolute Gasteiger partial charge is 0.150 e. The highest BCUT2D eigenvalue weighted by atomic mass is 32.1. The molecule has 2 radical (unpaired) electrons. The Labute approximate surface area is 74.2 Å². The van der Waals surface area contributed by atoms with Gasteiger partial charge in [0.15, 0.2) is 0 Å². The average molecular weight is 174 g/mol. The molecule has 1 aromatic heterocycles. The van der Waals surface area contributed by atoms with Crippen molar-refractivity contribution in [3.63, 3.8) is 0 Å². The highest BCUT2D eigenvalue weighted by Gasteiger charge is 2.02. The van der Waals surface area contributed by atoms with E-state index in [-0.39, 0.29) is 0 Å². The van der Waals surface area contributed by atoms with Gasteiger partial charge >= 0.3 is 0 Å². The Morgan fingerprint density at radius 1 is 1.42 bits per heavy atom. The summed E-state index contributed by atoms with van der Waals surface area (Å²) >= 11 is 1.09. The average Bonchev–Trinajstić information content (AvgIpc) is 2.52. The SMILES string of the molecule is [B]c1cc(C=O)cc2nsnc12. The summed E-state index contributed by atoms with van der Waals surface area (Å²) in [6, 6.07) is 3.26. The van der Waals surface area contributed by atoms with E-state index < -0.39 is 0 Å². The van der Waals surface area contributed by atoms with Crippen LogP contribution in [0.25, 0.3) is 11.0 Å². The van der Waals surface area contributed by atoms with E-state index >= 15 is 0 Å². The topological polar surface area (TPSA) is 42.9 Å². The predicted octanol–water partition coefficient (Wildman–Crippen LogP) is 0.298. The van der Waals surface area contributed by atoms with Crippen LogP contribution < -0.4 is 5.46 Å². The Balaban J connectivity index is 2.83. The van der Waals surface area contributed by atoms with Gasteiger partial charge in [-0.05, 0) is 6.07 Å². The summed E-state index contributed by atoms with van der Waals surface area (Å²) in [6.45, 7) is 0. The zero-order valence-corrected chi connectivity index (χ0v) is 6.84. The maximum absolute atomic E-state index is 10.4. The Hall–Kier alpha value is -1.23. The summed E-state index contributed by atoms with van der Waals surface area (Å²) in [5, 5.41) is 0. The molecule has 2 rings (SSSR count). The first kappa shape index (κ1) is 7.43. The lowest BCUT2D eigenvalue weighted by Gasteiger charge is -1.94. The summed E-state index contributed by atoms with van der Waals surface area (Å²) in [7, 11) is 5.62. The Bertz CT molecular complexity index is 440. The standard InChI is InChI=1S/C7H3BN2OS/c8-5-1-4(3-11)2-6-7(5)10-12-9-6/h1-3H. The maximum Gasteiger partial charge on any atom is 0.150 e. The van der Waals surface area contributed by atoms with Gasteiger partial charge in [0.2, 0.25) is 0 Å². The molecular formula is C7H3BN2OS. The maximum atomic E-state index is 10.4. The number of carbonyl (C=O) groups excluding carboxylic acids is 1. The molecule has 56 valence electrons. The zero-order valence-electron chi connectivity index (χ0n) is 6.02. The van der Waals surface area contributed by atoms with E-state index in [0.717, 1.165) is 18.0 Å². The lowest BCUT2D eigenvalue weighted by Crippen LogP contribution is -2.05. The van der Waals surface area contributed by atoms with E-state index in [1.165, 1.54) is 0 Å². The van der Waals surface area contributed by atoms with Gasteiger partial charge in [0.25, 0.3) is 0 Å². The lowest BCUT2D eigenvalue weighted by atomic mass is 9.93. The molecule has 12 heavy (non-hydrogen) atoms. The Morgan fingerprint density at radius 3 is 3.00 bits per heavy atom. The molecule has 0 atom stereocenters. The van der Waals surface area contributed by atoms with Gasteiger partial charge in [0, 0.05) is 5.56 Å². The molecule has 0 amide bonds. The number of rotatable bonds is 1. The largest absolute Gasteiger partial charge is 0.298 e. The summed E-state index contributed by atoms with van der Waals surface area (Å²) in [4.78, 5) is 10.4. The number of aldehydes is 1. The minimum absolute atomic E-state index is 0.503. The molecule has 1 aromatic carbocycles. The van der Waals surface area contributed by atoms with Crippen molar-refractivity contribution in [1.29, 1.82) is 0 Å². The van der Waals surface area contributed by atoms with Gasteiger partial charge in [0.1, 0.15) is 19.6 Å². The molecule has 0 unspecified atom stereocenters. The van der Waals surface area contributed by atoms with E-state index in [1.807, 2.05) is 0 Å². The molecule has 0 fully saturated rings. The van der Waals surface area contributed by atoms with E-state index in [9.17, 15) is 4.79 Å². The second-order valence-corrected chi connectivity index (χ2v) is 2.89. The molecule has 0 saturated heterocycles. The zero-order chi connectivity index (χ0) is 8.55. The number of carbonyl (C=O) groups is 1. The Kier molecular flexibility index (Phi) is 1.66. The normalized spacial score (nSPS) is 10.3. The monoisotopic (exact) mass is 174 g/mol. The van der Waals surface area contributed by atoms with Gasteiger partial charge in [0.05, 0.1) is 17.2 Å². The summed E-state index contributed by atoms with van der Waals surface area (Å²) in [6.07, 6.45) is 0.745. The van der Waals surface area contributed by atoms with Gasteiger partial charge in [-0.2, -0.15) is 8.75 Å². The first-order valence-corrected chi connectivity index (χ1v) is 4.01. The van der Waals surface area contributed by atoms with Gasteiger partial charge in [-0.3, -0.25) is 4.79 Å². The number of hydrogen-bond donors (Lipinski definition) is 0. The molecule has 0 aliphatic carbocycles. The predicted molar refractivity (Wildman–Crippen MR) is 48.2 cm³/mol. The third kappa shape index (κ3) is 1.02. The van der Waals surface area contributed by atoms with Crippen molar-refractivity contribution in [2.24, 2.45) is 0 Å². The number of aromatic nitrogens is 2. The van der Waals surface area contributed by atoms with Crippen molar-refractivity contribution in [3.8, 4) is 0 Å². The third-order valence-electron chi connectivity index (χ3n) is 1.55. The molecular weight excluding hydrogens is 171 g/mol. The number of hydrogen-bond acceptors (Lipinski definition) is 4. The van der Waals surface area contributed by atoms with Crippen LogP contribution in [0, 0.1) is 0 Å². The molecule has 0 spiro atoms. The van der Waals surface area contributed by atoms with Crippen molar-refractivity contribution >= 4 is 42.4 Å². The first-order chi connectivity index (χ1) is 5.81. The minimum Gasteiger partial charge on any atom is -0.298 e. The van der Waals surface area contributed by atoms with Crippen LogP contribution in [0.2, 0.25) is 0 Å². The molecule has 0 bridgehead atoms. The molecule has 3 nitrogen and oxygen atoms in total. The quantitative estimate of drug-likeness (QED) is 0.461. The van der Waals surface area contributed by atoms with Crippen LogP contribution in [0.5, 0.6) is 0 Å². The lowest BCUT2D eigenvalue weighted by molar-refractivity contribution is 0.112. The summed E-state index contributed by atoms with van der Waals surface area (Å²) in [5.74, 6) is 0. The molecule has 0 saturated carbocycles. The molecule has 0 N–H and O–H groups in total. The number of nitrogens with zero attached hydrogens (tertiary/aromatic N) is 2. The number of benzene rings is 1. The van der Waals surface area contributed by atoms with Crippen LogP contribution in [0.4, 0.5) is 0 Å². The van der Waals surface area contributed by atoms with Crippen molar-refractivity contribution in [3.05, 3.63) is 17.7 Å². The molecule has 1 heterocycles. The highest BCUT2D eigenvalue weighted by molar-refractivity contribution is 7.00. The second-order valence-electron chi connectivity index (χ2n) is 2.36. The van der Waals surface area contributed by atoms with Crippen LogP contribution in [-0.4, -0.2) is 22.9 Å².